The molecule has 3 heterocycles. The Labute approximate surface area is 122 Å². The van der Waals surface area contributed by atoms with Crippen molar-refractivity contribution < 1.29 is 4.79 Å². The van der Waals surface area contributed by atoms with Crippen molar-refractivity contribution in [2.24, 2.45) is 7.05 Å². The Kier molecular flexibility index (Phi) is 3.67. The van der Waals surface area contributed by atoms with Crippen LogP contribution in [-0.4, -0.2) is 52.5 Å². The van der Waals surface area contributed by atoms with Gasteiger partial charge in [-0.3, -0.25) is 9.69 Å². The number of nitrogens with zero attached hydrogens (tertiary/aromatic N) is 3. The van der Waals surface area contributed by atoms with E-state index in [1.165, 1.54) is 25.8 Å². The molecule has 1 amide bonds. The second-order valence-corrected chi connectivity index (χ2v) is 6.51. The molecule has 0 bridgehead atoms. The van der Waals surface area contributed by atoms with E-state index in [1.54, 1.807) is 0 Å². The van der Waals surface area contributed by atoms with Crippen LogP contribution >= 0.6 is 15.9 Å². The fourth-order valence-electron chi connectivity index (χ4n) is 3.24. The molecule has 0 aliphatic carbocycles. The van der Waals surface area contributed by atoms with Gasteiger partial charge in [0, 0.05) is 43.4 Å². The fraction of sp³-hybridized carbons (Fsp3) is 0.643. The molecular formula is C14H20BrN3O. The molecule has 0 spiro atoms. The highest BCUT2D eigenvalue weighted by atomic mass is 79.9. The van der Waals surface area contributed by atoms with E-state index in [0.717, 1.165) is 29.8 Å². The zero-order valence-electron chi connectivity index (χ0n) is 11.3. The summed E-state index contributed by atoms with van der Waals surface area (Å²) in [5, 5.41) is 0. The highest BCUT2D eigenvalue weighted by Gasteiger charge is 2.31. The minimum atomic E-state index is 0.165. The number of halogens is 1. The third kappa shape index (κ3) is 2.58. The lowest BCUT2D eigenvalue weighted by atomic mass is 9.99. The van der Waals surface area contributed by atoms with Crippen molar-refractivity contribution >= 4 is 21.8 Å². The summed E-state index contributed by atoms with van der Waals surface area (Å²) < 4.78 is 2.87. The summed E-state index contributed by atoms with van der Waals surface area (Å²) in [7, 11) is 1.93. The van der Waals surface area contributed by atoms with Crippen LogP contribution in [0.4, 0.5) is 0 Å². The van der Waals surface area contributed by atoms with Crippen LogP contribution in [0.15, 0.2) is 16.7 Å². The van der Waals surface area contributed by atoms with E-state index in [-0.39, 0.29) is 5.91 Å². The molecule has 0 radical (unpaired) electrons. The minimum Gasteiger partial charge on any atom is -0.345 e. The lowest BCUT2D eigenvalue weighted by Gasteiger charge is -2.44. The summed E-state index contributed by atoms with van der Waals surface area (Å²) in [4.78, 5) is 17.1. The summed E-state index contributed by atoms with van der Waals surface area (Å²) in [5.41, 5.74) is 0.774. The van der Waals surface area contributed by atoms with Crippen LogP contribution in [-0.2, 0) is 7.05 Å². The molecule has 1 atom stereocenters. The standard InChI is InChI=1S/C14H20BrN3O/c1-16-9-11(15)8-13(16)14(19)18-7-6-17-5-3-2-4-12(17)10-18/h8-9,12H,2-7,10H2,1H3. The Morgan fingerprint density at radius 1 is 1.32 bits per heavy atom. The van der Waals surface area contributed by atoms with Gasteiger partial charge in [0.25, 0.3) is 5.91 Å². The number of fused-ring (bicyclic) bond motifs is 1. The molecule has 5 heteroatoms. The van der Waals surface area contributed by atoms with Crippen molar-refractivity contribution in [1.82, 2.24) is 14.4 Å². The SMILES string of the molecule is Cn1cc(Br)cc1C(=O)N1CCN2CCCCC2C1. The van der Waals surface area contributed by atoms with Gasteiger partial charge >= 0.3 is 0 Å². The summed E-state index contributed by atoms with van der Waals surface area (Å²) in [6, 6.07) is 2.49. The zero-order chi connectivity index (χ0) is 13.4. The number of piperazine rings is 1. The predicted octanol–water partition coefficient (Wildman–Crippen LogP) is 2.10. The van der Waals surface area contributed by atoms with Crippen molar-refractivity contribution in [1.29, 1.82) is 0 Å². The van der Waals surface area contributed by atoms with Crippen LogP contribution in [0.3, 0.4) is 0 Å². The first-order valence-electron chi connectivity index (χ1n) is 7.00. The molecule has 104 valence electrons. The maximum Gasteiger partial charge on any atom is 0.270 e. The van der Waals surface area contributed by atoms with Crippen LogP contribution in [0.25, 0.3) is 0 Å². The number of rotatable bonds is 1. The van der Waals surface area contributed by atoms with Gasteiger partial charge in [0.15, 0.2) is 0 Å². The van der Waals surface area contributed by atoms with Crippen LogP contribution in [0.5, 0.6) is 0 Å². The van der Waals surface area contributed by atoms with Gasteiger partial charge in [-0.2, -0.15) is 0 Å². The molecule has 2 aliphatic heterocycles. The molecule has 0 saturated carbocycles. The summed E-state index contributed by atoms with van der Waals surface area (Å²) in [6.45, 7) is 3.99. The topological polar surface area (TPSA) is 28.5 Å². The Hall–Kier alpha value is -0.810. The molecule has 1 unspecified atom stereocenters. The van der Waals surface area contributed by atoms with E-state index in [4.69, 9.17) is 0 Å². The smallest absolute Gasteiger partial charge is 0.270 e. The van der Waals surface area contributed by atoms with Crippen molar-refractivity contribution in [3.63, 3.8) is 0 Å². The summed E-state index contributed by atoms with van der Waals surface area (Å²) in [5.74, 6) is 0.165. The van der Waals surface area contributed by atoms with Crippen LogP contribution in [0.1, 0.15) is 29.8 Å². The fourth-order valence-corrected chi connectivity index (χ4v) is 3.76. The van der Waals surface area contributed by atoms with Gasteiger partial charge in [0.05, 0.1) is 0 Å². The zero-order valence-corrected chi connectivity index (χ0v) is 12.9. The number of piperidine rings is 1. The van der Waals surface area contributed by atoms with Crippen LogP contribution < -0.4 is 0 Å². The van der Waals surface area contributed by atoms with Gasteiger partial charge in [0.2, 0.25) is 0 Å². The Bertz CT molecular complexity index is 485. The summed E-state index contributed by atoms with van der Waals surface area (Å²) >= 11 is 3.43. The maximum absolute atomic E-state index is 12.6. The summed E-state index contributed by atoms with van der Waals surface area (Å²) in [6.07, 6.45) is 5.79. The van der Waals surface area contributed by atoms with Crippen molar-refractivity contribution in [2.45, 2.75) is 25.3 Å². The Balaban J connectivity index is 1.72. The second-order valence-electron chi connectivity index (χ2n) is 5.59. The molecule has 1 aromatic heterocycles. The number of amides is 1. The molecule has 2 saturated heterocycles. The number of carbonyl (C=O) groups is 1. The third-order valence-electron chi connectivity index (χ3n) is 4.32. The largest absolute Gasteiger partial charge is 0.345 e. The van der Waals surface area contributed by atoms with E-state index in [9.17, 15) is 4.79 Å². The van der Waals surface area contributed by atoms with Crippen molar-refractivity contribution in [3.8, 4) is 0 Å². The molecule has 2 fully saturated rings. The van der Waals surface area contributed by atoms with E-state index in [0.29, 0.717) is 6.04 Å². The lowest BCUT2D eigenvalue weighted by molar-refractivity contribution is 0.0365. The highest BCUT2D eigenvalue weighted by molar-refractivity contribution is 9.10. The molecule has 19 heavy (non-hydrogen) atoms. The number of aryl methyl sites for hydroxylation is 1. The minimum absolute atomic E-state index is 0.165. The van der Waals surface area contributed by atoms with E-state index < -0.39 is 0 Å². The van der Waals surface area contributed by atoms with Gasteiger partial charge < -0.3 is 9.47 Å². The quantitative estimate of drug-likeness (QED) is 0.791. The molecule has 2 aliphatic rings. The van der Waals surface area contributed by atoms with Crippen molar-refractivity contribution in [3.05, 3.63) is 22.4 Å². The van der Waals surface area contributed by atoms with E-state index in [1.807, 2.05) is 28.8 Å². The van der Waals surface area contributed by atoms with Gasteiger partial charge in [-0.15, -0.1) is 0 Å². The normalized spacial score (nSPS) is 24.3. The van der Waals surface area contributed by atoms with E-state index in [2.05, 4.69) is 20.8 Å². The number of aromatic nitrogens is 1. The number of hydrogen-bond acceptors (Lipinski definition) is 2. The lowest BCUT2D eigenvalue weighted by Crippen LogP contribution is -2.56. The first-order chi connectivity index (χ1) is 9.15. The Morgan fingerprint density at radius 2 is 2.16 bits per heavy atom. The molecular weight excluding hydrogens is 306 g/mol. The van der Waals surface area contributed by atoms with E-state index >= 15 is 0 Å². The predicted molar refractivity (Wildman–Crippen MR) is 78.2 cm³/mol. The molecule has 3 rings (SSSR count). The van der Waals surface area contributed by atoms with Gasteiger partial charge in [-0.05, 0) is 41.4 Å². The number of hydrogen-bond donors (Lipinski definition) is 0. The van der Waals surface area contributed by atoms with Gasteiger partial charge in [0.1, 0.15) is 5.69 Å². The average Bonchev–Trinajstić information content (AvgIpc) is 2.76. The van der Waals surface area contributed by atoms with Gasteiger partial charge in [-0.25, -0.2) is 0 Å². The molecule has 1 aromatic rings. The first kappa shape index (κ1) is 13.2. The maximum atomic E-state index is 12.6. The second kappa shape index (κ2) is 5.29. The van der Waals surface area contributed by atoms with Crippen LogP contribution in [0.2, 0.25) is 0 Å². The number of carbonyl (C=O) groups excluding carboxylic acids is 1. The Morgan fingerprint density at radius 3 is 2.89 bits per heavy atom. The van der Waals surface area contributed by atoms with Crippen LogP contribution in [0, 0.1) is 0 Å². The first-order valence-corrected chi connectivity index (χ1v) is 7.79. The third-order valence-corrected chi connectivity index (χ3v) is 4.75. The molecule has 0 N–H and O–H groups in total. The molecule has 4 nitrogen and oxygen atoms in total. The molecule has 0 aromatic carbocycles. The average molecular weight is 326 g/mol. The highest BCUT2D eigenvalue weighted by Crippen LogP contribution is 2.23. The van der Waals surface area contributed by atoms with Gasteiger partial charge in [-0.1, -0.05) is 6.42 Å². The monoisotopic (exact) mass is 325 g/mol. The van der Waals surface area contributed by atoms with Crippen molar-refractivity contribution in [2.75, 3.05) is 26.2 Å².